The summed E-state index contributed by atoms with van der Waals surface area (Å²) < 4.78 is 27.2. The number of hydrogen-bond acceptors (Lipinski definition) is 4. The minimum atomic E-state index is -3.82. The van der Waals surface area contributed by atoms with E-state index in [4.69, 9.17) is 11.6 Å². The lowest BCUT2D eigenvalue weighted by Crippen LogP contribution is -2.14. The Balaban J connectivity index is 2.28. The van der Waals surface area contributed by atoms with E-state index in [2.05, 4.69) is 15.0 Å². The first-order chi connectivity index (χ1) is 10.8. The summed E-state index contributed by atoms with van der Waals surface area (Å²) in [7, 11) is -3.82. The molecule has 0 radical (unpaired) electrons. The molecular formula is C15H16ClN3O3S. The van der Waals surface area contributed by atoms with E-state index < -0.39 is 10.0 Å². The third-order valence-corrected chi connectivity index (χ3v) is 4.70. The van der Waals surface area contributed by atoms with E-state index in [0.29, 0.717) is 5.69 Å². The van der Waals surface area contributed by atoms with Crippen LogP contribution in [0.5, 0.6) is 0 Å². The fourth-order valence-corrected chi connectivity index (χ4v) is 3.22. The number of hydrogen-bond donors (Lipinski definition) is 2. The molecule has 0 atom stereocenters. The van der Waals surface area contributed by atoms with E-state index in [-0.39, 0.29) is 21.6 Å². The number of anilines is 2. The fourth-order valence-electron chi connectivity index (χ4n) is 1.90. The maximum atomic E-state index is 12.4. The normalized spacial score (nSPS) is 11.1. The molecule has 0 aliphatic heterocycles. The topological polar surface area (TPSA) is 88.2 Å². The van der Waals surface area contributed by atoms with Gasteiger partial charge in [0.1, 0.15) is 5.82 Å². The Kier molecular flexibility index (Phi) is 5.23. The van der Waals surface area contributed by atoms with Crippen LogP contribution >= 0.6 is 11.6 Å². The number of pyridine rings is 1. The predicted octanol–water partition coefficient (Wildman–Crippen LogP) is 3.06. The molecule has 0 aliphatic rings. The third kappa shape index (κ3) is 4.43. The van der Waals surface area contributed by atoms with Crippen LogP contribution in [-0.4, -0.2) is 19.3 Å². The Labute approximate surface area is 139 Å². The highest BCUT2D eigenvalue weighted by atomic mass is 35.5. The van der Waals surface area contributed by atoms with Gasteiger partial charge >= 0.3 is 0 Å². The molecule has 2 N–H and O–H groups in total. The summed E-state index contributed by atoms with van der Waals surface area (Å²) in [6.45, 7) is 3.31. The summed E-state index contributed by atoms with van der Waals surface area (Å²) in [6, 6.07) is 7.57. The van der Waals surface area contributed by atoms with Crippen LogP contribution in [-0.2, 0) is 21.2 Å². The van der Waals surface area contributed by atoms with Gasteiger partial charge in [0.15, 0.2) is 0 Å². The van der Waals surface area contributed by atoms with Crippen LogP contribution in [0, 0.1) is 0 Å². The van der Waals surface area contributed by atoms with E-state index in [1.807, 2.05) is 13.0 Å². The van der Waals surface area contributed by atoms with Gasteiger partial charge in [-0.05, 0) is 42.3 Å². The van der Waals surface area contributed by atoms with Crippen LogP contribution in [0.25, 0.3) is 0 Å². The van der Waals surface area contributed by atoms with Crippen LogP contribution in [0.15, 0.2) is 41.4 Å². The summed E-state index contributed by atoms with van der Waals surface area (Å²) in [4.78, 5) is 15.0. The standard InChI is InChI=1S/C15H16ClN3O3S/c1-3-11-6-7-17-15(8-11)19-23(21,22)12-4-5-14(13(16)9-12)18-10(2)20/h4-9H,3H2,1-2H3,(H,17,19)(H,18,20). The summed E-state index contributed by atoms with van der Waals surface area (Å²) in [5, 5.41) is 2.66. The summed E-state index contributed by atoms with van der Waals surface area (Å²) >= 11 is 6.01. The van der Waals surface area contributed by atoms with Gasteiger partial charge in [-0.15, -0.1) is 0 Å². The highest BCUT2D eigenvalue weighted by Gasteiger charge is 2.17. The van der Waals surface area contributed by atoms with Crippen LogP contribution in [0.1, 0.15) is 19.4 Å². The van der Waals surface area contributed by atoms with Gasteiger partial charge in [-0.1, -0.05) is 18.5 Å². The molecule has 1 aromatic heterocycles. The zero-order valence-corrected chi connectivity index (χ0v) is 14.2. The summed E-state index contributed by atoms with van der Waals surface area (Å²) in [6.07, 6.45) is 2.32. The zero-order valence-electron chi connectivity index (χ0n) is 12.6. The van der Waals surface area contributed by atoms with Crippen molar-refractivity contribution in [3.8, 4) is 0 Å². The van der Waals surface area contributed by atoms with Crippen LogP contribution in [0.2, 0.25) is 5.02 Å². The minimum absolute atomic E-state index is 0.0136. The monoisotopic (exact) mass is 353 g/mol. The molecule has 23 heavy (non-hydrogen) atoms. The molecule has 2 aromatic rings. The molecule has 6 nitrogen and oxygen atoms in total. The summed E-state index contributed by atoms with van der Waals surface area (Å²) in [5.74, 6) is -0.0485. The van der Waals surface area contributed by atoms with Crippen molar-refractivity contribution in [3.63, 3.8) is 0 Å². The number of halogens is 1. The van der Waals surface area contributed by atoms with Crippen molar-refractivity contribution in [2.24, 2.45) is 0 Å². The average Bonchev–Trinajstić information content (AvgIpc) is 2.48. The van der Waals surface area contributed by atoms with E-state index in [0.717, 1.165) is 12.0 Å². The molecule has 0 bridgehead atoms. The Morgan fingerprint density at radius 1 is 1.26 bits per heavy atom. The second-order valence-corrected chi connectivity index (χ2v) is 6.92. The van der Waals surface area contributed by atoms with Crippen molar-refractivity contribution in [1.29, 1.82) is 0 Å². The molecule has 0 aliphatic carbocycles. The quantitative estimate of drug-likeness (QED) is 0.864. The van der Waals surface area contributed by atoms with Gasteiger partial charge < -0.3 is 5.32 Å². The Morgan fingerprint density at radius 3 is 2.61 bits per heavy atom. The molecule has 2 rings (SSSR count). The molecule has 8 heteroatoms. The lowest BCUT2D eigenvalue weighted by molar-refractivity contribution is -0.114. The SMILES string of the molecule is CCc1ccnc(NS(=O)(=O)c2ccc(NC(C)=O)c(Cl)c2)c1. The van der Waals surface area contributed by atoms with Gasteiger partial charge in [0.05, 0.1) is 15.6 Å². The molecule has 0 spiro atoms. The second-order valence-electron chi connectivity index (χ2n) is 4.83. The number of rotatable bonds is 5. The molecule has 0 saturated heterocycles. The highest BCUT2D eigenvalue weighted by molar-refractivity contribution is 7.92. The van der Waals surface area contributed by atoms with Crippen LogP contribution in [0.3, 0.4) is 0 Å². The van der Waals surface area contributed by atoms with Crippen molar-refractivity contribution in [3.05, 3.63) is 47.1 Å². The Hall–Kier alpha value is -2.12. The van der Waals surface area contributed by atoms with Gasteiger partial charge in [-0.3, -0.25) is 9.52 Å². The number of carbonyl (C=O) groups excluding carboxylic acids is 1. The third-order valence-electron chi connectivity index (χ3n) is 3.03. The van der Waals surface area contributed by atoms with Crippen molar-refractivity contribution in [2.75, 3.05) is 10.0 Å². The number of nitrogens with one attached hydrogen (secondary N) is 2. The first-order valence-electron chi connectivity index (χ1n) is 6.86. The molecule has 1 heterocycles. The lowest BCUT2D eigenvalue weighted by atomic mass is 10.2. The maximum absolute atomic E-state index is 12.4. The predicted molar refractivity (Wildman–Crippen MR) is 90.2 cm³/mol. The number of nitrogens with zero attached hydrogens (tertiary/aromatic N) is 1. The van der Waals surface area contributed by atoms with Crippen molar-refractivity contribution < 1.29 is 13.2 Å². The Morgan fingerprint density at radius 2 is 2.00 bits per heavy atom. The first kappa shape index (κ1) is 17.2. The Bertz CT molecular complexity index is 838. The lowest BCUT2D eigenvalue weighted by Gasteiger charge is -2.10. The van der Waals surface area contributed by atoms with Crippen molar-refractivity contribution >= 4 is 39.0 Å². The minimum Gasteiger partial charge on any atom is -0.325 e. The van der Waals surface area contributed by atoms with Crippen molar-refractivity contribution in [2.45, 2.75) is 25.2 Å². The van der Waals surface area contributed by atoms with Gasteiger partial charge in [0, 0.05) is 13.1 Å². The number of aryl methyl sites for hydroxylation is 1. The van der Waals surface area contributed by atoms with Gasteiger partial charge in [-0.25, -0.2) is 13.4 Å². The van der Waals surface area contributed by atoms with Crippen molar-refractivity contribution in [1.82, 2.24) is 4.98 Å². The van der Waals surface area contributed by atoms with E-state index in [1.165, 1.54) is 25.1 Å². The second kappa shape index (κ2) is 6.97. The van der Waals surface area contributed by atoms with Gasteiger partial charge in [0.25, 0.3) is 10.0 Å². The number of amides is 1. The molecule has 0 unspecified atom stereocenters. The largest absolute Gasteiger partial charge is 0.325 e. The van der Waals surface area contributed by atoms with E-state index >= 15 is 0 Å². The van der Waals surface area contributed by atoms with Gasteiger partial charge in [-0.2, -0.15) is 0 Å². The molecule has 0 fully saturated rings. The molecule has 0 saturated carbocycles. The first-order valence-corrected chi connectivity index (χ1v) is 8.73. The number of aromatic nitrogens is 1. The smallest absolute Gasteiger partial charge is 0.263 e. The number of sulfonamides is 1. The molecule has 122 valence electrons. The molecular weight excluding hydrogens is 338 g/mol. The average molecular weight is 354 g/mol. The summed E-state index contributed by atoms with van der Waals surface area (Å²) in [5.41, 5.74) is 1.32. The maximum Gasteiger partial charge on any atom is 0.263 e. The highest BCUT2D eigenvalue weighted by Crippen LogP contribution is 2.26. The van der Waals surface area contributed by atoms with Crippen LogP contribution in [0.4, 0.5) is 11.5 Å². The molecule has 1 amide bonds. The molecule has 1 aromatic carbocycles. The fraction of sp³-hybridized carbons (Fsp3) is 0.200. The van der Waals surface area contributed by atoms with Gasteiger partial charge in [0.2, 0.25) is 5.91 Å². The number of benzene rings is 1. The van der Waals surface area contributed by atoms with E-state index in [9.17, 15) is 13.2 Å². The van der Waals surface area contributed by atoms with E-state index in [1.54, 1.807) is 12.3 Å². The zero-order chi connectivity index (χ0) is 17.0. The van der Waals surface area contributed by atoms with Crippen LogP contribution < -0.4 is 10.0 Å². The number of carbonyl (C=O) groups is 1.